The lowest BCUT2D eigenvalue weighted by molar-refractivity contribution is -0.141. The largest absolute Gasteiger partial charge is 0.508 e. The Balaban J connectivity index is 2.30. The number of hydrogen-bond acceptors (Lipinski definition) is 5. The van der Waals surface area contributed by atoms with Gasteiger partial charge in [-0.3, -0.25) is 4.79 Å². The Morgan fingerprint density at radius 2 is 1.95 bits per heavy atom. The van der Waals surface area contributed by atoms with Crippen LogP contribution in [-0.2, 0) is 4.79 Å². The van der Waals surface area contributed by atoms with Gasteiger partial charge in [-0.2, -0.15) is 0 Å². The van der Waals surface area contributed by atoms with Crippen LogP contribution in [0.3, 0.4) is 0 Å². The van der Waals surface area contributed by atoms with Gasteiger partial charge in [0.05, 0.1) is 11.7 Å². The first kappa shape index (κ1) is 13.2. The highest BCUT2D eigenvalue weighted by Crippen LogP contribution is 2.27. The molecule has 1 fully saturated rings. The fourth-order valence-corrected chi connectivity index (χ4v) is 2.13. The number of aliphatic carboxylic acids is 1. The zero-order chi connectivity index (χ0) is 14.2. The third-order valence-corrected chi connectivity index (χ3v) is 3.04. The maximum Gasteiger partial charge on any atom is 0.326 e. The molecule has 1 saturated heterocycles. The van der Waals surface area contributed by atoms with Crippen LogP contribution in [0.25, 0.3) is 0 Å². The van der Waals surface area contributed by atoms with E-state index < -0.39 is 29.8 Å². The number of hydrogen-bond donors (Lipinski definition) is 4. The highest BCUT2D eigenvalue weighted by molar-refractivity contribution is 5.99. The van der Waals surface area contributed by atoms with Gasteiger partial charge in [0.25, 0.3) is 5.91 Å². The number of carbonyl (C=O) groups excluding carboxylic acids is 1. The van der Waals surface area contributed by atoms with E-state index in [0.29, 0.717) is 0 Å². The van der Waals surface area contributed by atoms with Gasteiger partial charge in [0, 0.05) is 19.0 Å². The van der Waals surface area contributed by atoms with Crippen LogP contribution in [0.4, 0.5) is 0 Å². The summed E-state index contributed by atoms with van der Waals surface area (Å²) in [7, 11) is 0. The number of aliphatic hydroxyl groups excluding tert-OH is 1. The SMILES string of the molecule is O=C(O)[C@@H]1CC(O)CN1C(=O)c1ccc(O)cc1O. The summed E-state index contributed by atoms with van der Waals surface area (Å²) in [6.07, 6.45) is -0.941. The predicted octanol–water partition coefficient (Wildman–Crippen LogP) is -0.242. The Morgan fingerprint density at radius 3 is 2.53 bits per heavy atom. The molecule has 0 radical (unpaired) electrons. The van der Waals surface area contributed by atoms with Gasteiger partial charge < -0.3 is 25.3 Å². The van der Waals surface area contributed by atoms with Gasteiger partial charge in [0.2, 0.25) is 0 Å². The molecular weight excluding hydrogens is 254 g/mol. The summed E-state index contributed by atoms with van der Waals surface area (Å²) < 4.78 is 0. The molecule has 1 amide bonds. The van der Waals surface area contributed by atoms with E-state index in [2.05, 4.69) is 0 Å². The molecule has 1 aliphatic heterocycles. The van der Waals surface area contributed by atoms with Crippen LogP contribution in [0.1, 0.15) is 16.8 Å². The van der Waals surface area contributed by atoms with E-state index >= 15 is 0 Å². The maximum atomic E-state index is 12.1. The molecule has 0 spiro atoms. The highest BCUT2D eigenvalue weighted by atomic mass is 16.4. The van der Waals surface area contributed by atoms with Gasteiger partial charge >= 0.3 is 5.97 Å². The number of aromatic hydroxyl groups is 2. The van der Waals surface area contributed by atoms with E-state index in [-0.39, 0.29) is 24.3 Å². The summed E-state index contributed by atoms with van der Waals surface area (Å²) in [4.78, 5) is 24.2. The van der Waals surface area contributed by atoms with Crippen LogP contribution in [0.5, 0.6) is 11.5 Å². The number of carboxylic acid groups (broad SMARTS) is 1. The monoisotopic (exact) mass is 267 g/mol. The fourth-order valence-electron chi connectivity index (χ4n) is 2.13. The Morgan fingerprint density at radius 1 is 1.26 bits per heavy atom. The zero-order valence-corrected chi connectivity index (χ0v) is 9.85. The summed E-state index contributed by atoms with van der Waals surface area (Å²) in [6, 6.07) is 2.30. The van der Waals surface area contributed by atoms with Crippen molar-refractivity contribution < 1.29 is 30.0 Å². The molecule has 19 heavy (non-hydrogen) atoms. The molecule has 1 unspecified atom stereocenters. The van der Waals surface area contributed by atoms with E-state index in [0.717, 1.165) is 11.0 Å². The number of phenols is 2. The van der Waals surface area contributed by atoms with Gasteiger partial charge in [0.1, 0.15) is 17.5 Å². The number of carboxylic acids is 1. The van der Waals surface area contributed by atoms with Crippen LogP contribution in [0.15, 0.2) is 18.2 Å². The lowest BCUT2D eigenvalue weighted by Gasteiger charge is -2.21. The molecule has 0 aliphatic carbocycles. The number of amides is 1. The molecule has 0 saturated carbocycles. The minimum Gasteiger partial charge on any atom is -0.508 e. The lowest BCUT2D eigenvalue weighted by Crippen LogP contribution is -2.40. The van der Waals surface area contributed by atoms with E-state index in [1.807, 2.05) is 0 Å². The molecule has 7 nitrogen and oxygen atoms in total. The first-order valence-corrected chi connectivity index (χ1v) is 5.64. The normalized spacial score (nSPS) is 22.5. The predicted molar refractivity (Wildman–Crippen MR) is 62.9 cm³/mol. The van der Waals surface area contributed by atoms with Crippen molar-refractivity contribution in [2.75, 3.05) is 6.54 Å². The van der Waals surface area contributed by atoms with Gasteiger partial charge in [-0.15, -0.1) is 0 Å². The fraction of sp³-hybridized carbons (Fsp3) is 0.333. The number of carbonyl (C=O) groups is 2. The van der Waals surface area contributed by atoms with E-state index in [4.69, 9.17) is 10.2 Å². The van der Waals surface area contributed by atoms with Crippen LogP contribution in [0, 0.1) is 0 Å². The van der Waals surface area contributed by atoms with Crippen molar-refractivity contribution >= 4 is 11.9 Å². The topological polar surface area (TPSA) is 118 Å². The zero-order valence-electron chi connectivity index (χ0n) is 9.85. The molecule has 102 valence electrons. The lowest BCUT2D eigenvalue weighted by atomic mass is 10.1. The van der Waals surface area contributed by atoms with Crippen LogP contribution in [0.2, 0.25) is 0 Å². The van der Waals surface area contributed by atoms with Crippen molar-refractivity contribution in [1.82, 2.24) is 4.90 Å². The molecule has 1 aromatic carbocycles. The summed E-state index contributed by atoms with van der Waals surface area (Å²) >= 11 is 0. The standard InChI is InChI=1S/C12H13NO6/c14-6-1-2-8(10(16)4-6)11(17)13-5-7(15)3-9(13)12(18)19/h1-2,4,7,9,14-16H,3,5H2,(H,18,19)/t7?,9-/m0/s1. The third-order valence-electron chi connectivity index (χ3n) is 3.04. The first-order chi connectivity index (χ1) is 8.90. The van der Waals surface area contributed by atoms with Crippen molar-refractivity contribution in [2.45, 2.75) is 18.6 Å². The van der Waals surface area contributed by atoms with Crippen LogP contribution < -0.4 is 0 Å². The van der Waals surface area contributed by atoms with Crippen molar-refractivity contribution in [2.24, 2.45) is 0 Å². The maximum absolute atomic E-state index is 12.1. The van der Waals surface area contributed by atoms with Crippen molar-refractivity contribution in [3.63, 3.8) is 0 Å². The van der Waals surface area contributed by atoms with Gasteiger partial charge in [-0.05, 0) is 12.1 Å². The molecule has 1 aliphatic rings. The molecule has 1 heterocycles. The Hall–Kier alpha value is -2.28. The highest BCUT2D eigenvalue weighted by Gasteiger charge is 2.39. The second-order valence-corrected chi connectivity index (χ2v) is 4.40. The third kappa shape index (κ3) is 2.45. The Kier molecular flexibility index (Phi) is 3.30. The van der Waals surface area contributed by atoms with Gasteiger partial charge in [0.15, 0.2) is 0 Å². The quantitative estimate of drug-likeness (QED) is 0.587. The average Bonchev–Trinajstić information content (AvgIpc) is 2.70. The van der Waals surface area contributed by atoms with E-state index in [1.54, 1.807) is 0 Å². The second-order valence-electron chi connectivity index (χ2n) is 4.40. The van der Waals surface area contributed by atoms with Gasteiger partial charge in [-0.1, -0.05) is 0 Å². The summed E-state index contributed by atoms with van der Waals surface area (Å²) in [5, 5.41) is 37.2. The molecular formula is C12H13NO6. The van der Waals surface area contributed by atoms with Crippen molar-refractivity contribution in [1.29, 1.82) is 0 Å². The summed E-state index contributed by atoms with van der Waals surface area (Å²) in [5.74, 6) is -2.54. The molecule has 7 heteroatoms. The number of β-amino-alcohol motifs (C(OH)–C–C–N with tert-alkyl or cyclic N) is 1. The van der Waals surface area contributed by atoms with Gasteiger partial charge in [-0.25, -0.2) is 4.79 Å². The minimum absolute atomic E-state index is 0.0417. The minimum atomic E-state index is -1.21. The Bertz CT molecular complexity index is 529. The second kappa shape index (κ2) is 4.77. The number of nitrogens with zero attached hydrogens (tertiary/aromatic N) is 1. The molecule has 4 N–H and O–H groups in total. The van der Waals surface area contributed by atoms with Crippen molar-refractivity contribution in [3.05, 3.63) is 23.8 Å². The summed E-state index contributed by atoms with van der Waals surface area (Å²) in [5.41, 5.74) is -0.113. The Labute approximate surface area is 108 Å². The van der Waals surface area contributed by atoms with E-state index in [1.165, 1.54) is 12.1 Å². The first-order valence-electron chi connectivity index (χ1n) is 5.64. The molecule has 2 atom stereocenters. The van der Waals surface area contributed by atoms with Crippen LogP contribution in [-0.4, -0.2) is 55.9 Å². The number of benzene rings is 1. The van der Waals surface area contributed by atoms with E-state index in [9.17, 15) is 19.8 Å². The number of aliphatic hydroxyl groups is 1. The number of likely N-dealkylation sites (tertiary alicyclic amines) is 1. The number of phenolic OH excluding ortho intramolecular Hbond substituents is 2. The average molecular weight is 267 g/mol. The van der Waals surface area contributed by atoms with Crippen molar-refractivity contribution in [3.8, 4) is 11.5 Å². The molecule has 0 aromatic heterocycles. The molecule has 1 aromatic rings. The molecule has 0 bridgehead atoms. The molecule has 2 rings (SSSR count). The number of rotatable bonds is 2. The smallest absolute Gasteiger partial charge is 0.326 e. The van der Waals surface area contributed by atoms with Crippen LogP contribution >= 0.6 is 0 Å². The summed E-state index contributed by atoms with van der Waals surface area (Å²) in [6.45, 7) is -0.101.